The van der Waals surface area contributed by atoms with Crippen molar-refractivity contribution in [2.24, 2.45) is 0 Å². The van der Waals surface area contributed by atoms with E-state index in [4.69, 9.17) is 23.2 Å². The highest BCUT2D eigenvalue weighted by Crippen LogP contribution is 2.23. The zero-order valence-electron chi connectivity index (χ0n) is 17.1. The average Bonchev–Trinajstić information content (AvgIpc) is 2.92. The zero-order valence-corrected chi connectivity index (χ0v) is 18.6. The second-order valence-corrected chi connectivity index (χ2v) is 7.78. The number of hydrogen-bond donors (Lipinski definition) is 1. The average molecular weight is 437 g/mol. The summed E-state index contributed by atoms with van der Waals surface area (Å²) in [6, 6.07) is 7.48. The highest BCUT2D eigenvalue weighted by molar-refractivity contribution is 6.31. The lowest BCUT2D eigenvalue weighted by Gasteiger charge is -2.19. The molecule has 8 heteroatoms. The Balaban J connectivity index is 2.10. The number of hydrogen-bond acceptors (Lipinski definition) is 3. The number of carbonyl (C=O) groups is 2. The summed E-state index contributed by atoms with van der Waals surface area (Å²) in [7, 11) is 0. The molecule has 1 heterocycles. The molecule has 0 aliphatic rings. The lowest BCUT2D eigenvalue weighted by atomic mass is 10.2. The Kier molecular flexibility index (Phi) is 8.29. The molecule has 0 bridgehead atoms. The Bertz CT molecular complexity index is 889. The molecule has 156 valence electrons. The van der Waals surface area contributed by atoms with E-state index in [1.165, 1.54) is 11.0 Å². The fourth-order valence-electron chi connectivity index (χ4n) is 2.77. The van der Waals surface area contributed by atoms with Crippen LogP contribution in [0.15, 0.2) is 30.3 Å². The topological polar surface area (TPSA) is 67.2 Å². The molecule has 0 aliphatic heterocycles. The molecule has 29 heavy (non-hydrogen) atoms. The van der Waals surface area contributed by atoms with Gasteiger partial charge in [0.25, 0.3) is 0 Å². The van der Waals surface area contributed by atoms with Crippen molar-refractivity contribution in [2.45, 2.75) is 40.3 Å². The minimum Gasteiger partial charge on any atom is -0.352 e. The van der Waals surface area contributed by atoms with Gasteiger partial charge in [0.2, 0.25) is 11.8 Å². The first-order chi connectivity index (χ1) is 13.7. The minimum absolute atomic E-state index is 0.0143. The number of halogens is 2. The Morgan fingerprint density at radius 2 is 1.90 bits per heavy atom. The normalized spacial score (nSPS) is 11.3. The first-order valence-corrected chi connectivity index (χ1v) is 10.2. The zero-order chi connectivity index (χ0) is 21.6. The van der Waals surface area contributed by atoms with Gasteiger partial charge in [-0.15, -0.1) is 0 Å². The Hall–Kier alpha value is -2.31. The number of benzene rings is 1. The molecule has 0 saturated heterocycles. The number of carbonyl (C=O) groups excluding carboxylic acids is 2. The molecule has 0 spiro atoms. The number of rotatable bonds is 8. The lowest BCUT2D eigenvalue weighted by Crippen LogP contribution is -2.42. The van der Waals surface area contributed by atoms with E-state index in [0.717, 1.165) is 5.56 Å². The summed E-state index contributed by atoms with van der Waals surface area (Å²) in [4.78, 5) is 25.9. The van der Waals surface area contributed by atoms with E-state index >= 15 is 0 Å². The fourth-order valence-corrected chi connectivity index (χ4v) is 3.19. The quantitative estimate of drug-likeness (QED) is 0.637. The van der Waals surface area contributed by atoms with Crippen molar-refractivity contribution in [3.05, 3.63) is 57.3 Å². The standard InChI is InChI=1S/C21H26Cl2N4O2/c1-5-26(13-19(28)24-14(2)3)20(29)11-10-18-15(4)25-27(21(18)23)12-16-6-8-17(22)9-7-16/h6-11,14H,5,12-13H2,1-4H3,(H,24,28)/b11-10+. The summed E-state index contributed by atoms with van der Waals surface area (Å²) in [5.74, 6) is -0.444. The van der Waals surface area contributed by atoms with Gasteiger partial charge in [0, 0.05) is 29.2 Å². The summed E-state index contributed by atoms with van der Waals surface area (Å²) < 4.78 is 1.68. The molecular weight excluding hydrogens is 411 g/mol. The number of aryl methyl sites for hydroxylation is 1. The Labute approximate surface area is 181 Å². The van der Waals surface area contributed by atoms with Crippen LogP contribution >= 0.6 is 23.2 Å². The minimum atomic E-state index is -0.257. The summed E-state index contributed by atoms with van der Waals surface area (Å²) in [6.45, 7) is 8.36. The summed E-state index contributed by atoms with van der Waals surface area (Å²) in [6.07, 6.45) is 3.07. The predicted octanol–water partition coefficient (Wildman–Crippen LogP) is 3.93. The van der Waals surface area contributed by atoms with Gasteiger partial charge >= 0.3 is 0 Å². The molecule has 2 amide bonds. The number of likely N-dealkylation sites (N-methyl/N-ethyl adjacent to an activating group) is 1. The Morgan fingerprint density at radius 1 is 1.24 bits per heavy atom. The van der Waals surface area contributed by atoms with Gasteiger partial charge in [0.1, 0.15) is 5.15 Å². The van der Waals surface area contributed by atoms with Crippen molar-refractivity contribution in [2.75, 3.05) is 13.1 Å². The van der Waals surface area contributed by atoms with E-state index in [1.54, 1.807) is 10.8 Å². The number of aromatic nitrogens is 2. The maximum absolute atomic E-state index is 12.5. The van der Waals surface area contributed by atoms with Gasteiger partial charge in [-0.25, -0.2) is 4.68 Å². The molecule has 0 fully saturated rings. The van der Waals surface area contributed by atoms with Crippen LogP contribution in [0.2, 0.25) is 10.2 Å². The van der Waals surface area contributed by atoms with E-state index < -0.39 is 0 Å². The lowest BCUT2D eigenvalue weighted by molar-refractivity contribution is -0.132. The van der Waals surface area contributed by atoms with Gasteiger partial charge in [-0.2, -0.15) is 5.10 Å². The highest BCUT2D eigenvalue weighted by atomic mass is 35.5. The summed E-state index contributed by atoms with van der Waals surface area (Å²) in [5.41, 5.74) is 2.41. The first-order valence-electron chi connectivity index (χ1n) is 9.45. The molecule has 0 atom stereocenters. The van der Waals surface area contributed by atoms with Crippen molar-refractivity contribution < 1.29 is 9.59 Å². The van der Waals surface area contributed by atoms with Gasteiger partial charge in [0.15, 0.2) is 0 Å². The number of nitrogens with zero attached hydrogens (tertiary/aromatic N) is 3. The molecular formula is C21H26Cl2N4O2. The van der Waals surface area contributed by atoms with Crippen molar-refractivity contribution in [1.29, 1.82) is 0 Å². The molecule has 0 saturated carbocycles. The summed E-state index contributed by atoms with van der Waals surface area (Å²) in [5, 5.41) is 8.36. The summed E-state index contributed by atoms with van der Waals surface area (Å²) >= 11 is 12.4. The van der Waals surface area contributed by atoms with Crippen LogP contribution < -0.4 is 5.32 Å². The molecule has 0 unspecified atom stereocenters. The van der Waals surface area contributed by atoms with Gasteiger partial charge in [-0.05, 0) is 51.5 Å². The largest absolute Gasteiger partial charge is 0.352 e. The van der Waals surface area contributed by atoms with Crippen molar-refractivity contribution >= 4 is 41.1 Å². The molecule has 2 rings (SSSR count). The molecule has 0 aliphatic carbocycles. The smallest absolute Gasteiger partial charge is 0.247 e. The van der Waals surface area contributed by atoms with Crippen LogP contribution in [0.5, 0.6) is 0 Å². The maximum Gasteiger partial charge on any atom is 0.247 e. The van der Waals surface area contributed by atoms with E-state index in [1.807, 2.05) is 52.0 Å². The number of amides is 2. The molecule has 6 nitrogen and oxygen atoms in total. The van der Waals surface area contributed by atoms with Crippen molar-refractivity contribution in [3.63, 3.8) is 0 Å². The van der Waals surface area contributed by atoms with Crippen molar-refractivity contribution in [1.82, 2.24) is 20.0 Å². The van der Waals surface area contributed by atoms with E-state index in [0.29, 0.717) is 34.5 Å². The molecule has 1 aromatic heterocycles. The number of nitrogens with one attached hydrogen (secondary N) is 1. The van der Waals surface area contributed by atoms with Crippen LogP contribution in [0.25, 0.3) is 6.08 Å². The third kappa shape index (κ3) is 6.61. The molecule has 0 radical (unpaired) electrons. The molecule has 2 aromatic rings. The van der Waals surface area contributed by atoms with Crippen LogP contribution in [-0.4, -0.2) is 45.6 Å². The fraction of sp³-hybridized carbons (Fsp3) is 0.381. The van der Waals surface area contributed by atoms with Crippen molar-refractivity contribution in [3.8, 4) is 0 Å². The van der Waals surface area contributed by atoms with Crippen LogP contribution in [-0.2, 0) is 16.1 Å². The highest BCUT2D eigenvalue weighted by Gasteiger charge is 2.16. The monoisotopic (exact) mass is 436 g/mol. The first kappa shape index (κ1) is 23.0. The van der Waals surface area contributed by atoms with Crippen LogP contribution in [0, 0.1) is 6.92 Å². The van der Waals surface area contributed by atoms with Crippen LogP contribution in [0.4, 0.5) is 0 Å². The SMILES string of the molecule is CCN(CC(=O)NC(C)C)C(=O)/C=C/c1c(C)nn(Cc2ccc(Cl)cc2)c1Cl. The van der Waals surface area contributed by atoms with E-state index in [9.17, 15) is 9.59 Å². The Morgan fingerprint density at radius 3 is 2.48 bits per heavy atom. The second-order valence-electron chi connectivity index (χ2n) is 6.98. The van der Waals surface area contributed by atoms with Crippen LogP contribution in [0.1, 0.15) is 37.6 Å². The molecule has 1 N–H and O–H groups in total. The predicted molar refractivity (Wildman–Crippen MR) is 117 cm³/mol. The van der Waals surface area contributed by atoms with E-state index in [2.05, 4.69) is 10.4 Å². The van der Waals surface area contributed by atoms with Crippen LogP contribution in [0.3, 0.4) is 0 Å². The van der Waals surface area contributed by atoms with Gasteiger partial charge in [-0.1, -0.05) is 35.3 Å². The second kappa shape index (κ2) is 10.5. The van der Waals surface area contributed by atoms with Gasteiger partial charge in [0.05, 0.1) is 18.8 Å². The molecule has 1 aromatic carbocycles. The maximum atomic E-state index is 12.5. The van der Waals surface area contributed by atoms with Gasteiger partial charge < -0.3 is 10.2 Å². The third-order valence-corrected chi connectivity index (χ3v) is 4.88. The van der Waals surface area contributed by atoms with E-state index in [-0.39, 0.29) is 24.4 Å². The van der Waals surface area contributed by atoms with Gasteiger partial charge in [-0.3, -0.25) is 9.59 Å². The third-order valence-electron chi connectivity index (χ3n) is 4.23.